The molecule has 3 N–H and O–H groups in total. The smallest absolute Gasteiger partial charge is 0.270 e. The van der Waals surface area contributed by atoms with E-state index in [1.54, 1.807) is 17.1 Å². The zero-order valence-electron chi connectivity index (χ0n) is 27.6. The van der Waals surface area contributed by atoms with Gasteiger partial charge in [-0.1, -0.05) is 64.1 Å². The van der Waals surface area contributed by atoms with Crippen LogP contribution >= 0.6 is 0 Å². The van der Waals surface area contributed by atoms with Gasteiger partial charge in [-0.05, 0) is 72.3 Å². The molecule has 5 rings (SSSR count). The number of hydrogen-bond acceptors (Lipinski definition) is 6. The molecule has 1 unspecified atom stereocenters. The number of nitrogens with zero attached hydrogens (tertiary/aromatic N) is 3. The molecule has 3 heterocycles. The fourth-order valence-corrected chi connectivity index (χ4v) is 6.29. The van der Waals surface area contributed by atoms with Crippen LogP contribution in [0.2, 0.25) is 18.1 Å². The first-order valence-electron chi connectivity index (χ1n) is 16.0. The van der Waals surface area contributed by atoms with E-state index in [4.69, 9.17) is 9.84 Å². The maximum Gasteiger partial charge on any atom is 0.270 e. The molecule has 1 aliphatic heterocycles. The van der Waals surface area contributed by atoms with Gasteiger partial charge in [-0.2, -0.15) is 5.10 Å². The highest BCUT2D eigenvalue weighted by atomic mass is 28.4. The van der Waals surface area contributed by atoms with E-state index in [9.17, 15) is 14.4 Å². The molecule has 2 aromatic carbocycles. The van der Waals surface area contributed by atoms with E-state index in [0.717, 1.165) is 35.1 Å². The summed E-state index contributed by atoms with van der Waals surface area (Å²) < 4.78 is 8.15. The third kappa shape index (κ3) is 7.23. The van der Waals surface area contributed by atoms with Crippen LogP contribution in [0.25, 0.3) is 22.4 Å². The van der Waals surface area contributed by atoms with Crippen LogP contribution in [-0.4, -0.2) is 52.8 Å². The molecule has 0 saturated carbocycles. The van der Waals surface area contributed by atoms with Gasteiger partial charge in [0, 0.05) is 42.2 Å². The first-order chi connectivity index (χ1) is 21.9. The van der Waals surface area contributed by atoms with Crippen LogP contribution in [-0.2, 0) is 11.3 Å². The number of amides is 2. The summed E-state index contributed by atoms with van der Waals surface area (Å²) in [6.07, 6.45) is 4.14. The highest BCUT2D eigenvalue weighted by molar-refractivity contribution is 6.72. The Morgan fingerprint density at radius 3 is 2.30 bits per heavy atom. The number of carbonyl (C=O) groups is 2. The Bertz CT molecular complexity index is 1660. The average Bonchev–Trinajstić information content (AvgIpc) is 3.43. The van der Waals surface area contributed by atoms with Crippen molar-refractivity contribution in [1.82, 2.24) is 25.4 Å². The Hall–Kier alpha value is -4.28. The molecular weight excluding hydrogens is 595 g/mol. The summed E-state index contributed by atoms with van der Waals surface area (Å²) in [7, 11) is -2.33. The zero-order chi connectivity index (χ0) is 33.1. The van der Waals surface area contributed by atoms with E-state index in [-0.39, 0.29) is 16.9 Å². The topological polar surface area (TPSA) is 118 Å². The van der Waals surface area contributed by atoms with E-state index >= 15 is 0 Å². The van der Waals surface area contributed by atoms with Crippen molar-refractivity contribution in [2.45, 2.75) is 77.2 Å². The molecular formula is C36H45N5O4Si. The minimum Gasteiger partial charge on any atom is -0.476 e. The molecule has 0 aliphatic carbocycles. The molecule has 4 aromatic rings. The van der Waals surface area contributed by atoms with Crippen molar-refractivity contribution in [1.29, 1.82) is 0 Å². The second-order valence-electron chi connectivity index (χ2n) is 13.5. The summed E-state index contributed by atoms with van der Waals surface area (Å²) in [5.41, 5.74) is 5.60. The van der Waals surface area contributed by atoms with Crippen molar-refractivity contribution in [2.75, 3.05) is 13.1 Å². The predicted octanol–water partition coefficient (Wildman–Crippen LogP) is 6.47. The average molecular weight is 640 g/mol. The Balaban J connectivity index is 1.39. The van der Waals surface area contributed by atoms with Gasteiger partial charge < -0.3 is 20.2 Å². The highest BCUT2D eigenvalue weighted by Crippen LogP contribution is 2.40. The van der Waals surface area contributed by atoms with Gasteiger partial charge in [0.05, 0.1) is 6.54 Å². The third-order valence-electron chi connectivity index (χ3n) is 9.21. The first kappa shape index (κ1) is 33.1. The summed E-state index contributed by atoms with van der Waals surface area (Å²) >= 11 is 0. The summed E-state index contributed by atoms with van der Waals surface area (Å²) in [6, 6.07) is 19.2. The fourth-order valence-electron chi connectivity index (χ4n) is 5.50. The Morgan fingerprint density at radius 2 is 1.67 bits per heavy atom. The number of ether oxygens (including phenoxy) is 1. The molecule has 0 bridgehead atoms. The molecule has 0 fully saturated rings. The predicted molar refractivity (Wildman–Crippen MR) is 183 cm³/mol. The molecule has 1 aliphatic rings. The minimum atomic E-state index is -2.33. The number of fused-ring (bicyclic) bond motifs is 1. The van der Waals surface area contributed by atoms with Crippen molar-refractivity contribution >= 4 is 20.1 Å². The molecule has 2 amide bonds. The van der Waals surface area contributed by atoms with Gasteiger partial charge in [0.1, 0.15) is 17.1 Å². The maximum atomic E-state index is 13.6. The number of pyridine rings is 1. The molecule has 46 heavy (non-hydrogen) atoms. The molecule has 0 saturated heterocycles. The number of aromatic nitrogens is 3. The Kier molecular flexibility index (Phi) is 9.78. The van der Waals surface area contributed by atoms with E-state index in [1.165, 1.54) is 5.56 Å². The lowest BCUT2D eigenvalue weighted by Gasteiger charge is -2.35. The van der Waals surface area contributed by atoms with Crippen LogP contribution in [0.15, 0.2) is 73.1 Å². The normalized spacial score (nSPS) is 14.0. The third-order valence-corrected chi connectivity index (χ3v) is 12.8. The number of hydrogen-bond donors (Lipinski definition) is 3. The first-order valence-corrected chi connectivity index (χ1v) is 19.0. The van der Waals surface area contributed by atoms with E-state index < -0.39 is 14.4 Å². The van der Waals surface area contributed by atoms with Gasteiger partial charge in [-0.3, -0.25) is 19.3 Å². The molecule has 0 radical (unpaired) electrons. The quantitative estimate of drug-likeness (QED) is 0.121. The minimum absolute atomic E-state index is 0.158. The lowest BCUT2D eigenvalue weighted by Crippen LogP contribution is -2.39. The van der Waals surface area contributed by atoms with Gasteiger partial charge in [0.2, 0.25) is 6.10 Å². The molecule has 2 aromatic heterocycles. The number of nitrogens with one attached hydrogen (secondary N) is 2. The number of benzene rings is 2. The van der Waals surface area contributed by atoms with E-state index in [1.807, 2.05) is 73.8 Å². The van der Waals surface area contributed by atoms with Crippen molar-refractivity contribution in [3.05, 3.63) is 89.9 Å². The molecule has 1 atom stereocenters. The fraction of sp³-hybridized carbons (Fsp3) is 0.389. The van der Waals surface area contributed by atoms with Crippen LogP contribution in [0.5, 0.6) is 5.75 Å². The van der Waals surface area contributed by atoms with Crippen LogP contribution in [0.1, 0.15) is 74.2 Å². The van der Waals surface area contributed by atoms with Crippen LogP contribution in [0.3, 0.4) is 0 Å². The van der Waals surface area contributed by atoms with Crippen molar-refractivity contribution in [3.8, 4) is 28.1 Å². The highest BCUT2D eigenvalue weighted by Gasteiger charge is 2.37. The molecule has 0 spiro atoms. The van der Waals surface area contributed by atoms with Gasteiger partial charge >= 0.3 is 0 Å². The van der Waals surface area contributed by atoms with E-state index in [2.05, 4.69) is 43.3 Å². The monoisotopic (exact) mass is 639 g/mol. The summed E-state index contributed by atoms with van der Waals surface area (Å²) in [5, 5.41) is 10.6. The summed E-state index contributed by atoms with van der Waals surface area (Å²) in [4.78, 5) is 41.4. The van der Waals surface area contributed by atoms with Crippen LogP contribution in [0, 0.1) is 0 Å². The SMILES string of the molecule is CC(C)c1ccc(C(Oc2ccc(-c3c(-c4ccncc4)nn4c3C(=O)NCC4)cc2)C(=O)NCCCC(C)(C)[Si](C)(C)O)cc1. The zero-order valence-corrected chi connectivity index (χ0v) is 28.6. The maximum absolute atomic E-state index is 13.6. The summed E-state index contributed by atoms with van der Waals surface area (Å²) in [6.45, 7) is 14.0. The van der Waals surface area contributed by atoms with Gasteiger partial charge in [-0.25, -0.2) is 0 Å². The summed E-state index contributed by atoms with van der Waals surface area (Å²) in [5.74, 6) is 0.513. The van der Waals surface area contributed by atoms with Gasteiger partial charge in [0.25, 0.3) is 11.8 Å². The van der Waals surface area contributed by atoms with Crippen molar-refractivity contribution in [3.63, 3.8) is 0 Å². The number of carbonyl (C=O) groups excluding carboxylic acids is 2. The largest absolute Gasteiger partial charge is 0.476 e. The second-order valence-corrected chi connectivity index (χ2v) is 17.9. The van der Waals surface area contributed by atoms with Crippen molar-refractivity contribution < 1.29 is 19.1 Å². The van der Waals surface area contributed by atoms with Crippen LogP contribution in [0.4, 0.5) is 0 Å². The lowest BCUT2D eigenvalue weighted by atomic mass is 9.98. The Morgan fingerprint density at radius 1 is 1.02 bits per heavy atom. The molecule has 9 nitrogen and oxygen atoms in total. The van der Waals surface area contributed by atoms with E-state index in [0.29, 0.717) is 42.7 Å². The van der Waals surface area contributed by atoms with Gasteiger partial charge in [-0.15, -0.1) is 0 Å². The van der Waals surface area contributed by atoms with Crippen molar-refractivity contribution in [2.24, 2.45) is 0 Å². The Labute approximate surface area is 272 Å². The second kappa shape index (κ2) is 13.6. The van der Waals surface area contributed by atoms with Gasteiger partial charge in [0.15, 0.2) is 8.32 Å². The lowest BCUT2D eigenvalue weighted by molar-refractivity contribution is -0.128. The molecule has 242 valence electrons. The molecule has 10 heteroatoms. The van der Waals surface area contributed by atoms with Crippen LogP contribution < -0.4 is 15.4 Å². The number of rotatable bonds is 12. The standard InChI is InChI=1S/C36H45N5O4Si/c1-24(2)25-8-10-28(11-9-25)33(35(43)38-19-7-18-36(3,4)46(5,6)44)45-29-14-12-26(13-15-29)30-31(27-16-20-37-21-17-27)40-41-23-22-39-34(42)32(30)41/h8-17,20-21,24,33,44H,7,18-19,22-23H2,1-6H3,(H,38,43)(H,39,42).